The van der Waals surface area contributed by atoms with Crippen LogP contribution in [0.25, 0.3) is 0 Å². The number of rotatable bonds is 9. The van der Waals surface area contributed by atoms with Crippen molar-refractivity contribution in [3.63, 3.8) is 0 Å². The van der Waals surface area contributed by atoms with Gasteiger partial charge in [0, 0.05) is 29.9 Å². The number of hydrogen-bond acceptors (Lipinski definition) is 4. The topological polar surface area (TPSA) is 87.7 Å². The lowest BCUT2D eigenvalue weighted by molar-refractivity contribution is 0.0950. The molecular weight excluding hydrogens is 490 g/mol. The van der Waals surface area contributed by atoms with Crippen molar-refractivity contribution in [2.24, 2.45) is 0 Å². The van der Waals surface area contributed by atoms with Crippen molar-refractivity contribution in [1.29, 1.82) is 0 Å². The molecule has 1 aliphatic rings. The van der Waals surface area contributed by atoms with E-state index in [1.807, 2.05) is 66.7 Å². The zero-order valence-electron chi connectivity index (χ0n) is 21.4. The van der Waals surface area contributed by atoms with E-state index in [1.54, 1.807) is 47.4 Å². The summed E-state index contributed by atoms with van der Waals surface area (Å²) in [6.07, 6.45) is 0.353. The number of anilines is 1. The average Bonchev–Trinajstić information content (AvgIpc) is 3.31. The first-order valence-electron chi connectivity index (χ1n) is 12.8. The molecule has 5 rings (SSSR count). The molecule has 39 heavy (non-hydrogen) atoms. The molecule has 2 N–H and O–H groups in total. The van der Waals surface area contributed by atoms with Crippen LogP contribution in [0.1, 0.15) is 37.4 Å². The fourth-order valence-corrected chi connectivity index (χ4v) is 4.53. The molecule has 1 saturated heterocycles. The maximum atomic E-state index is 13.0. The van der Waals surface area contributed by atoms with Gasteiger partial charge < -0.3 is 15.4 Å². The molecule has 1 atom stereocenters. The van der Waals surface area contributed by atoms with Gasteiger partial charge in [-0.15, -0.1) is 0 Å². The van der Waals surface area contributed by atoms with Gasteiger partial charge >= 0.3 is 6.09 Å². The Morgan fingerprint density at radius 1 is 0.744 bits per heavy atom. The molecular formula is C32H29N3O4. The van der Waals surface area contributed by atoms with Crippen molar-refractivity contribution in [2.75, 3.05) is 11.9 Å². The summed E-state index contributed by atoms with van der Waals surface area (Å²) in [5, 5.41) is 5.77. The van der Waals surface area contributed by atoms with Crippen LogP contribution < -0.4 is 10.6 Å². The SMILES string of the molecule is O=C(NCc1ccccc1)c1ccc(NC(=O)c2cccc(CN3C(=O)OC[C@H]3Cc3ccccc3)c2)cc1. The Kier molecular flexibility index (Phi) is 7.98. The van der Waals surface area contributed by atoms with Gasteiger partial charge in [0.1, 0.15) is 6.61 Å². The molecule has 0 aliphatic carbocycles. The largest absolute Gasteiger partial charge is 0.447 e. The molecule has 0 bridgehead atoms. The molecule has 1 heterocycles. The normalized spacial score (nSPS) is 14.5. The highest BCUT2D eigenvalue weighted by Gasteiger charge is 2.33. The van der Waals surface area contributed by atoms with Crippen LogP contribution in [0.15, 0.2) is 109 Å². The molecule has 196 valence electrons. The molecule has 0 radical (unpaired) electrons. The van der Waals surface area contributed by atoms with Crippen LogP contribution in [0.4, 0.5) is 10.5 Å². The molecule has 0 unspecified atom stereocenters. The Balaban J connectivity index is 1.18. The first-order valence-corrected chi connectivity index (χ1v) is 12.8. The van der Waals surface area contributed by atoms with E-state index in [2.05, 4.69) is 10.6 Å². The van der Waals surface area contributed by atoms with Gasteiger partial charge in [0.25, 0.3) is 11.8 Å². The van der Waals surface area contributed by atoms with Crippen LogP contribution in [0.2, 0.25) is 0 Å². The van der Waals surface area contributed by atoms with E-state index in [4.69, 9.17) is 4.74 Å². The van der Waals surface area contributed by atoms with Crippen molar-refractivity contribution in [3.05, 3.63) is 137 Å². The number of carbonyl (C=O) groups is 3. The predicted molar refractivity (Wildman–Crippen MR) is 149 cm³/mol. The minimum Gasteiger partial charge on any atom is -0.447 e. The second-order valence-corrected chi connectivity index (χ2v) is 9.45. The van der Waals surface area contributed by atoms with Crippen molar-refractivity contribution in [2.45, 2.75) is 25.6 Å². The molecule has 1 fully saturated rings. The van der Waals surface area contributed by atoms with E-state index in [9.17, 15) is 14.4 Å². The molecule has 7 heteroatoms. The zero-order valence-corrected chi connectivity index (χ0v) is 21.4. The minimum absolute atomic E-state index is 0.0687. The van der Waals surface area contributed by atoms with Crippen LogP contribution in [-0.4, -0.2) is 35.5 Å². The van der Waals surface area contributed by atoms with Crippen LogP contribution in [0, 0.1) is 0 Å². The third kappa shape index (κ3) is 6.70. The maximum Gasteiger partial charge on any atom is 0.410 e. The quantitative estimate of drug-likeness (QED) is 0.309. The molecule has 0 aromatic heterocycles. The number of hydrogen-bond donors (Lipinski definition) is 2. The van der Waals surface area contributed by atoms with E-state index >= 15 is 0 Å². The van der Waals surface area contributed by atoms with Crippen molar-refractivity contribution in [3.8, 4) is 0 Å². The second kappa shape index (κ2) is 12.1. The number of carbonyl (C=O) groups excluding carboxylic acids is 3. The summed E-state index contributed by atoms with van der Waals surface area (Å²) < 4.78 is 5.32. The van der Waals surface area contributed by atoms with Crippen molar-refractivity contribution in [1.82, 2.24) is 10.2 Å². The van der Waals surface area contributed by atoms with Gasteiger partial charge in [0.2, 0.25) is 0 Å². The Morgan fingerprint density at radius 3 is 2.13 bits per heavy atom. The highest BCUT2D eigenvalue weighted by Crippen LogP contribution is 2.21. The van der Waals surface area contributed by atoms with Gasteiger partial charge in [-0.3, -0.25) is 14.5 Å². The number of nitrogens with zero attached hydrogens (tertiary/aromatic N) is 1. The highest BCUT2D eigenvalue weighted by molar-refractivity contribution is 6.04. The van der Waals surface area contributed by atoms with Gasteiger partial charge in [0.15, 0.2) is 0 Å². The van der Waals surface area contributed by atoms with E-state index in [0.717, 1.165) is 16.7 Å². The van der Waals surface area contributed by atoms with Gasteiger partial charge in [-0.05, 0) is 59.5 Å². The number of ether oxygens (including phenoxy) is 1. The monoisotopic (exact) mass is 519 g/mol. The molecule has 4 aromatic carbocycles. The fraction of sp³-hybridized carbons (Fsp3) is 0.156. The van der Waals surface area contributed by atoms with E-state index in [1.165, 1.54) is 0 Å². The summed E-state index contributed by atoms with van der Waals surface area (Å²) in [5.41, 5.74) is 4.56. The zero-order chi connectivity index (χ0) is 27.0. The van der Waals surface area contributed by atoms with Gasteiger partial charge in [-0.1, -0.05) is 72.8 Å². The summed E-state index contributed by atoms with van der Waals surface area (Å²) in [6.45, 7) is 1.13. The molecule has 0 saturated carbocycles. The Hall–Kier alpha value is -4.91. The molecule has 1 aliphatic heterocycles. The minimum atomic E-state index is -0.348. The lowest BCUT2D eigenvalue weighted by Crippen LogP contribution is -2.34. The number of benzene rings is 4. The fourth-order valence-electron chi connectivity index (χ4n) is 4.53. The van der Waals surface area contributed by atoms with Crippen LogP contribution >= 0.6 is 0 Å². The molecule has 7 nitrogen and oxygen atoms in total. The molecule has 4 aromatic rings. The van der Waals surface area contributed by atoms with Crippen molar-refractivity contribution >= 4 is 23.6 Å². The van der Waals surface area contributed by atoms with Gasteiger partial charge in [0.05, 0.1) is 6.04 Å². The van der Waals surface area contributed by atoms with Crippen LogP contribution in [0.3, 0.4) is 0 Å². The van der Waals surface area contributed by atoms with E-state index in [-0.39, 0.29) is 23.9 Å². The summed E-state index contributed by atoms with van der Waals surface area (Å²) in [5.74, 6) is -0.460. The Morgan fingerprint density at radius 2 is 1.41 bits per heavy atom. The number of amides is 3. The summed E-state index contributed by atoms with van der Waals surface area (Å²) >= 11 is 0. The predicted octanol–water partition coefficient (Wildman–Crippen LogP) is 5.43. The second-order valence-electron chi connectivity index (χ2n) is 9.45. The lowest BCUT2D eigenvalue weighted by atomic mass is 10.0. The summed E-state index contributed by atoms with van der Waals surface area (Å²) in [7, 11) is 0. The third-order valence-corrected chi connectivity index (χ3v) is 6.63. The molecule has 0 spiro atoms. The third-order valence-electron chi connectivity index (χ3n) is 6.63. The average molecular weight is 520 g/mol. The Labute approximate surface area is 227 Å². The number of nitrogens with one attached hydrogen (secondary N) is 2. The lowest BCUT2D eigenvalue weighted by Gasteiger charge is -2.22. The first kappa shape index (κ1) is 25.7. The van der Waals surface area contributed by atoms with Gasteiger partial charge in [-0.2, -0.15) is 0 Å². The summed E-state index contributed by atoms with van der Waals surface area (Å²) in [4.78, 5) is 39.6. The van der Waals surface area contributed by atoms with Crippen LogP contribution in [-0.2, 0) is 24.2 Å². The van der Waals surface area contributed by atoms with E-state index in [0.29, 0.717) is 42.9 Å². The first-order chi connectivity index (χ1) is 19.0. The maximum absolute atomic E-state index is 13.0. The van der Waals surface area contributed by atoms with Crippen LogP contribution in [0.5, 0.6) is 0 Å². The summed E-state index contributed by atoms with van der Waals surface area (Å²) in [6, 6.07) is 33.6. The van der Waals surface area contributed by atoms with Gasteiger partial charge in [-0.25, -0.2) is 4.79 Å². The van der Waals surface area contributed by atoms with E-state index < -0.39 is 0 Å². The standard InChI is InChI=1S/C32H29N3O4/c36-30(33-20-24-10-5-2-6-11-24)26-14-16-28(17-15-26)34-31(37)27-13-7-12-25(18-27)21-35-29(22-39-32(35)38)19-23-8-3-1-4-9-23/h1-18,29H,19-22H2,(H,33,36)(H,34,37)/t29-/m1/s1. The number of cyclic esters (lactones) is 1. The Bertz CT molecular complexity index is 1440. The smallest absolute Gasteiger partial charge is 0.410 e. The van der Waals surface area contributed by atoms with Crippen molar-refractivity contribution < 1.29 is 19.1 Å². The highest BCUT2D eigenvalue weighted by atomic mass is 16.6. The molecule has 3 amide bonds.